The molecular formula is C13H15NOS2. The maximum absolute atomic E-state index is 11.9. The van der Waals surface area contributed by atoms with E-state index in [1.54, 1.807) is 0 Å². The summed E-state index contributed by atoms with van der Waals surface area (Å²) in [7, 11) is 0. The van der Waals surface area contributed by atoms with E-state index in [1.807, 2.05) is 41.7 Å². The van der Waals surface area contributed by atoms with E-state index in [0.717, 1.165) is 6.42 Å². The fourth-order valence-electron chi connectivity index (χ4n) is 2.53. The van der Waals surface area contributed by atoms with Gasteiger partial charge in [-0.25, -0.2) is 0 Å². The molecule has 90 valence electrons. The highest BCUT2D eigenvalue weighted by atomic mass is 32.2. The van der Waals surface area contributed by atoms with Crippen molar-refractivity contribution in [3.8, 4) is 0 Å². The summed E-state index contributed by atoms with van der Waals surface area (Å²) in [5.41, 5.74) is 1.23. The van der Waals surface area contributed by atoms with E-state index in [-0.39, 0.29) is 16.0 Å². The van der Waals surface area contributed by atoms with Crippen molar-refractivity contribution in [1.29, 1.82) is 0 Å². The van der Waals surface area contributed by atoms with Gasteiger partial charge in [-0.1, -0.05) is 30.3 Å². The Hall–Kier alpha value is -0.610. The van der Waals surface area contributed by atoms with Crippen molar-refractivity contribution in [3.05, 3.63) is 35.9 Å². The number of amides is 1. The molecule has 17 heavy (non-hydrogen) atoms. The first-order valence-corrected chi connectivity index (χ1v) is 7.87. The summed E-state index contributed by atoms with van der Waals surface area (Å²) in [4.78, 5) is 11.9. The van der Waals surface area contributed by atoms with Crippen LogP contribution in [0.3, 0.4) is 0 Å². The molecule has 1 amide bonds. The SMILES string of the molecule is O=C1CC2(C[C@@H](c3ccccc3)N1)SCCS2. The minimum Gasteiger partial charge on any atom is -0.349 e. The van der Waals surface area contributed by atoms with E-state index in [2.05, 4.69) is 17.4 Å². The highest BCUT2D eigenvalue weighted by Gasteiger charge is 2.43. The van der Waals surface area contributed by atoms with Gasteiger partial charge in [-0.15, -0.1) is 23.5 Å². The monoisotopic (exact) mass is 265 g/mol. The molecule has 1 aromatic carbocycles. The second-order valence-electron chi connectivity index (χ2n) is 4.52. The van der Waals surface area contributed by atoms with Crippen LogP contribution < -0.4 is 5.32 Å². The van der Waals surface area contributed by atoms with Crippen molar-refractivity contribution >= 4 is 29.4 Å². The van der Waals surface area contributed by atoms with Gasteiger partial charge in [0.15, 0.2) is 0 Å². The molecule has 4 heteroatoms. The Morgan fingerprint density at radius 3 is 2.59 bits per heavy atom. The predicted octanol–water partition coefficient (Wildman–Crippen LogP) is 2.81. The van der Waals surface area contributed by atoms with E-state index in [1.165, 1.54) is 17.1 Å². The van der Waals surface area contributed by atoms with Crippen LogP contribution in [-0.4, -0.2) is 21.5 Å². The van der Waals surface area contributed by atoms with E-state index in [4.69, 9.17) is 0 Å². The summed E-state index contributed by atoms with van der Waals surface area (Å²) >= 11 is 3.94. The quantitative estimate of drug-likeness (QED) is 0.846. The van der Waals surface area contributed by atoms with Gasteiger partial charge in [0, 0.05) is 11.5 Å². The van der Waals surface area contributed by atoms with Crippen LogP contribution in [0.15, 0.2) is 30.3 Å². The number of carbonyl (C=O) groups is 1. The molecule has 2 nitrogen and oxygen atoms in total. The third kappa shape index (κ3) is 2.33. The van der Waals surface area contributed by atoms with E-state index in [0.29, 0.717) is 6.42 Å². The average Bonchev–Trinajstić information content (AvgIpc) is 2.77. The number of carbonyl (C=O) groups excluding carboxylic acids is 1. The molecule has 1 atom stereocenters. The van der Waals surface area contributed by atoms with Crippen LogP contribution in [0, 0.1) is 0 Å². The normalized spacial score (nSPS) is 27.1. The maximum atomic E-state index is 11.9. The largest absolute Gasteiger partial charge is 0.349 e. The highest BCUT2D eigenvalue weighted by molar-refractivity contribution is 8.21. The zero-order valence-electron chi connectivity index (χ0n) is 9.52. The van der Waals surface area contributed by atoms with Crippen molar-refractivity contribution in [1.82, 2.24) is 5.32 Å². The molecule has 2 aliphatic rings. The number of benzene rings is 1. The number of nitrogens with one attached hydrogen (secondary N) is 1. The number of rotatable bonds is 1. The molecule has 0 saturated carbocycles. The summed E-state index contributed by atoms with van der Waals surface area (Å²) in [5.74, 6) is 2.56. The molecule has 3 rings (SSSR count). The zero-order chi connectivity index (χ0) is 11.7. The molecule has 1 aromatic rings. The van der Waals surface area contributed by atoms with Gasteiger partial charge >= 0.3 is 0 Å². The minimum atomic E-state index is 0.142. The van der Waals surface area contributed by atoms with Crippen molar-refractivity contribution in [2.24, 2.45) is 0 Å². The lowest BCUT2D eigenvalue weighted by Crippen LogP contribution is -2.42. The van der Waals surface area contributed by atoms with Crippen LogP contribution >= 0.6 is 23.5 Å². The van der Waals surface area contributed by atoms with Crippen LogP contribution in [0.4, 0.5) is 0 Å². The Labute approximate surface area is 110 Å². The lowest BCUT2D eigenvalue weighted by Gasteiger charge is -2.36. The second-order valence-corrected chi connectivity index (χ2v) is 7.73. The number of thioether (sulfide) groups is 2. The number of hydrogen-bond acceptors (Lipinski definition) is 3. The first-order valence-electron chi connectivity index (χ1n) is 5.90. The Bertz CT molecular complexity index is 415. The topological polar surface area (TPSA) is 29.1 Å². The molecule has 1 N–H and O–H groups in total. The zero-order valence-corrected chi connectivity index (χ0v) is 11.2. The average molecular weight is 265 g/mol. The molecule has 2 saturated heterocycles. The van der Waals surface area contributed by atoms with E-state index >= 15 is 0 Å². The molecule has 0 unspecified atom stereocenters. The fraction of sp³-hybridized carbons (Fsp3) is 0.462. The summed E-state index contributed by atoms with van der Waals surface area (Å²) in [6.45, 7) is 0. The number of piperidine rings is 1. The summed E-state index contributed by atoms with van der Waals surface area (Å²) in [6.07, 6.45) is 1.73. The standard InChI is InChI=1S/C13H15NOS2/c15-12-9-13(16-6-7-17-13)8-11(14-12)10-4-2-1-3-5-10/h1-5,11H,6-9H2,(H,14,15)/t11-/m0/s1. The lowest BCUT2D eigenvalue weighted by atomic mass is 9.96. The molecule has 0 aliphatic carbocycles. The van der Waals surface area contributed by atoms with Gasteiger partial charge in [0.25, 0.3) is 0 Å². The summed E-state index contributed by atoms with van der Waals surface area (Å²) in [5, 5.41) is 3.12. The van der Waals surface area contributed by atoms with Crippen LogP contribution in [0.2, 0.25) is 0 Å². The Morgan fingerprint density at radius 1 is 1.18 bits per heavy atom. The Balaban J connectivity index is 1.84. The summed E-state index contributed by atoms with van der Waals surface area (Å²) < 4.78 is 0.142. The second kappa shape index (κ2) is 4.58. The minimum absolute atomic E-state index is 0.142. The van der Waals surface area contributed by atoms with Crippen molar-refractivity contribution < 1.29 is 4.79 Å². The molecule has 2 aliphatic heterocycles. The predicted molar refractivity (Wildman–Crippen MR) is 74.2 cm³/mol. The van der Waals surface area contributed by atoms with Crippen molar-refractivity contribution in [2.75, 3.05) is 11.5 Å². The van der Waals surface area contributed by atoms with Crippen LogP contribution in [0.1, 0.15) is 24.4 Å². The third-order valence-corrected chi connectivity index (χ3v) is 6.75. The van der Waals surface area contributed by atoms with Crippen LogP contribution in [0.25, 0.3) is 0 Å². The smallest absolute Gasteiger partial charge is 0.222 e. The van der Waals surface area contributed by atoms with Crippen molar-refractivity contribution in [2.45, 2.75) is 23.0 Å². The van der Waals surface area contributed by atoms with E-state index in [9.17, 15) is 4.79 Å². The molecule has 0 bridgehead atoms. The number of hydrogen-bond donors (Lipinski definition) is 1. The fourth-order valence-corrected chi connectivity index (χ4v) is 5.81. The summed E-state index contributed by atoms with van der Waals surface area (Å²) in [6, 6.07) is 10.5. The first-order chi connectivity index (χ1) is 8.27. The third-order valence-electron chi connectivity index (χ3n) is 3.30. The van der Waals surface area contributed by atoms with Gasteiger partial charge in [0.1, 0.15) is 0 Å². The van der Waals surface area contributed by atoms with Gasteiger partial charge in [-0.3, -0.25) is 4.79 Å². The van der Waals surface area contributed by atoms with E-state index < -0.39 is 0 Å². The van der Waals surface area contributed by atoms with Gasteiger partial charge < -0.3 is 5.32 Å². The molecule has 0 radical (unpaired) electrons. The van der Waals surface area contributed by atoms with Gasteiger partial charge in [-0.05, 0) is 12.0 Å². The van der Waals surface area contributed by atoms with Crippen molar-refractivity contribution in [3.63, 3.8) is 0 Å². The molecule has 0 aromatic heterocycles. The molecule has 2 fully saturated rings. The molecule has 2 heterocycles. The Morgan fingerprint density at radius 2 is 1.88 bits per heavy atom. The van der Waals surface area contributed by atoms with Gasteiger partial charge in [0.2, 0.25) is 5.91 Å². The molecular weight excluding hydrogens is 250 g/mol. The first kappa shape index (κ1) is 11.5. The Kier molecular flexibility index (Phi) is 3.09. The van der Waals surface area contributed by atoms with Gasteiger partial charge in [0.05, 0.1) is 16.5 Å². The van der Waals surface area contributed by atoms with Crippen LogP contribution in [-0.2, 0) is 4.79 Å². The molecule has 1 spiro atoms. The van der Waals surface area contributed by atoms with Crippen LogP contribution in [0.5, 0.6) is 0 Å². The van der Waals surface area contributed by atoms with Gasteiger partial charge in [-0.2, -0.15) is 0 Å². The lowest BCUT2D eigenvalue weighted by molar-refractivity contribution is -0.123. The highest BCUT2D eigenvalue weighted by Crippen LogP contribution is 2.53. The maximum Gasteiger partial charge on any atom is 0.222 e.